The molecule has 2 bridgehead atoms. The summed E-state index contributed by atoms with van der Waals surface area (Å²) < 4.78 is 0. The Bertz CT molecular complexity index is 1690. The fourth-order valence-corrected chi connectivity index (χ4v) is 7.47. The third kappa shape index (κ3) is 4.00. The molecule has 3 aliphatic carbocycles. The molecule has 0 radical (unpaired) electrons. The van der Waals surface area contributed by atoms with Crippen LogP contribution >= 0.6 is 11.3 Å². The number of pyridine rings is 1. The number of hydrogen-bond acceptors (Lipinski definition) is 4. The average molecular weight is 528 g/mol. The van der Waals surface area contributed by atoms with E-state index in [-0.39, 0.29) is 17.7 Å². The lowest BCUT2D eigenvalue weighted by Crippen LogP contribution is -2.47. The molecule has 0 aliphatic heterocycles. The van der Waals surface area contributed by atoms with E-state index < -0.39 is 5.41 Å². The van der Waals surface area contributed by atoms with E-state index in [9.17, 15) is 4.79 Å². The molecule has 39 heavy (non-hydrogen) atoms. The number of nitrogens with zero attached hydrogens (tertiary/aromatic N) is 2. The van der Waals surface area contributed by atoms with E-state index in [1.807, 2.05) is 24.5 Å². The van der Waals surface area contributed by atoms with Crippen molar-refractivity contribution in [3.05, 3.63) is 136 Å². The van der Waals surface area contributed by atoms with Crippen molar-refractivity contribution in [1.29, 1.82) is 0 Å². The first kappa shape index (κ1) is 24.0. The second-order valence-corrected chi connectivity index (χ2v) is 11.9. The van der Waals surface area contributed by atoms with Gasteiger partial charge in [0.15, 0.2) is 5.13 Å². The smallest absolute Gasteiger partial charge is 0.233 e. The molecule has 3 aliphatic rings. The number of rotatable bonds is 5. The van der Waals surface area contributed by atoms with Gasteiger partial charge >= 0.3 is 0 Å². The third-order valence-corrected chi connectivity index (χ3v) is 9.42. The molecule has 5 heteroatoms. The zero-order valence-electron chi connectivity index (χ0n) is 22.0. The molecule has 1 N–H and O–H groups in total. The molecule has 1 amide bonds. The van der Waals surface area contributed by atoms with E-state index in [4.69, 9.17) is 4.98 Å². The van der Waals surface area contributed by atoms with E-state index in [0.717, 1.165) is 24.1 Å². The number of anilines is 1. The van der Waals surface area contributed by atoms with Crippen LogP contribution in [0.4, 0.5) is 5.13 Å². The van der Waals surface area contributed by atoms with E-state index >= 15 is 0 Å². The summed E-state index contributed by atoms with van der Waals surface area (Å²) in [4.78, 5) is 22.9. The molecule has 192 valence electrons. The van der Waals surface area contributed by atoms with Crippen LogP contribution in [0.1, 0.15) is 64.3 Å². The van der Waals surface area contributed by atoms with Crippen molar-refractivity contribution in [1.82, 2.24) is 9.97 Å². The van der Waals surface area contributed by atoms with Gasteiger partial charge in [-0.3, -0.25) is 9.78 Å². The van der Waals surface area contributed by atoms with Gasteiger partial charge in [0.05, 0.1) is 11.1 Å². The highest BCUT2D eigenvalue weighted by Crippen LogP contribution is 2.61. The maximum Gasteiger partial charge on any atom is 0.233 e. The van der Waals surface area contributed by atoms with Crippen molar-refractivity contribution in [2.24, 2.45) is 5.41 Å². The van der Waals surface area contributed by atoms with Crippen molar-refractivity contribution >= 4 is 22.4 Å². The van der Waals surface area contributed by atoms with Gasteiger partial charge in [0.1, 0.15) is 0 Å². The first-order chi connectivity index (χ1) is 19.0. The Balaban J connectivity index is 1.12. The quantitative estimate of drug-likeness (QED) is 0.254. The highest BCUT2D eigenvalue weighted by molar-refractivity contribution is 7.13. The van der Waals surface area contributed by atoms with Gasteiger partial charge in [-0.2, -0.15) is 0 Å². The first-order valence-electron chi connectivity index (χ1n) is 13.4. The summed E-state index contributed by atoms with van der Waals surface area (Å²) in [6.07, 6.45) is 5.16. The molecule has 3 aromatic carbocycles. The molecule has 2 heterocycles. The molecule has 8 rings (SSSR count). The highest BCUT2D eigenvalue weighted by atomic mass is 32.1. The fourth-order valence-electron chi connectivity index (χ4n) is 6.76. The van der Waals surface area contributed by atoms with E-state index in [0.29, 0.717) is 5.13 Å². The lowest BCUT2D eigenvalue weighted by molar-refractivity contribution is -0.126. The molecular formula is C34H29N3OS. The number of nitrogens with one attached hydrogen (secondary N) is 1. The van der Waals surface area contributed by atoms with Crippen LogP contribution in [0.3, 0.4) is 0 Å². The van der Waals surface area contributed by atoms with Crippen LogP contribution in [-0.2, 0) is 11.2 Å². The van der Waals surface area contributed by atoms with E-state index in [2.05, 4.69) is 96.3 Å². The lowest BCUT2D eigenvalue weighted by atomic mass is 9.52. The SMILES string of the molecule is Cc1cccc2c1C1CC(C)(C(=O)Nc3nc(Cc4ccc(-c5ccncc5)cc4)cs3)C2c2ccccc21. The number of aryl methyl sites for hydroxylation is 1. The van der Waals surface area contributed by atoms with Crippen LogP contribution in [0.25, 0.3) is 11.1 Å². The molecule has 5 aromatic rings. The molecule has 0 saturated heterocycles. The number of hydrogen-bond donors (Lipinski definition) is 1. The number of benzene rings is 3. The normalized spacial score (nSPS) is 20.8. The molecular weight excluding hydrogens is 498 g/mol. The van der Waals surface area contributed by atoms with E-state index in [1.54, 1.807) is 0 Å². The minimum Gasteiger partial charge on any atom is -0.301 e. The van der Waals surface area contributed by atoms with Crippen molar-refractivity contribution in [3.8, 4) is 11.1 Å². The standard InChI is InChI=1S/C34H29N3OS/c1-21-6-5-9-28-30(21)29-19-34(2,31(28)27-8-4-3-7-26(27)29)32(38)37-33-36-25(20-39-33)18-22-10-12-23(13-11-22)24-14-16-35-17-15-24/h3-17,20,29,31H,18-19H2,1-2H3,(H,36,37,38). The summed E-state index contributed by atoms with van der Waals surface area (Å²) in [6.45, 7) is 4.34. The van der Waals surface area contributed by atoms with Gasteiger partial charge in [-0.15, -0.1) is 11.3 Å². The number of carbonyl (C=O) groups is 1. The fraction of sp³-hybridized carbons (Fsp3) is 0.206. The minimum atomic E-state index is -0.547. The molecule has 0 saturated carbocycles. The van der Waals surface area contributed by atoms with E-state index in [1.165, 1.54) is 50.3 Å². The predicted molar refractivity (Wildman–Crippen MR) is 157 cm³/mol. The third-order valence-electron chi connectivity index (χ3n) is 8.61. The van der Waals surface area contributed by atoms with Crippen LogP contribution in [0, 0.1) is 12.3 Å². The Labute approximate surface area is 232 Å². The Morgan fingerprint density at radius 1 is 0.923 bits per heavy atom. The van der Waals surface area contributed by atoms with Gasteiger partial charge in [0, 0.05) is 36.0 Å². The molecule has 3 unspecified atom stereocenters. The molecule has 4 nitrogen and oxygen atoms in total. The Morgan fingerprint density at radius 2 is 1.64 bits per heavy atom. The van der Waals surface area contributed by atoms with Crippen molar-refractivity contribution < 1.29 is 4.79 Å². The largest absolute Gasteiger partial charge is 0.301 e. The van der Waals surface area contributed by atoms with Crippen LogP contribution in [0.5, 0.6) is 0 Å². The predicted octanol–water partition coefficient (Wildman–Crippen LogP) is 7.73. The number of carbonyl (C=O) groups excluding carboxylic acids is 1. The monoisotopic (exact) mass is 527 g/mol. The maximum atomic E-state index is 14.0. The van der Waals surface area contributed by atoms with Crippen molar-refractivity contribution in [2.75, 3.05) is 5.32 Å². The Hall–Kier alpha value is -4.09. The number of fused-ring (bicyclic) bond motifs is 1. The van der Waals surface area contributed by atoms with Crippen LogP contribution < -0.4 is 5.32 Å². The van der Waals surface area contributed by atoms with Gasteiger partial charge in [-0.05, 0) is 76.9 Å². The van der Waals surface area contributed by atoms with Crippen molar-refractivity contribution in [2.45, 2.75) is 38.5 Å². The van der Waals surface area contributed by atoms with Crippen LogP contribution in [0.2, 0.25) is 0 Å². The summed E-state index contributed by atoms with van der Waals surface area (Å²) in [5, 5.41) is 5.93. The minimum absolute atomic E-state index is 0.0342. The van der Waals surface area contributed by atoms with Crippen LogP contribution in [-0.4, -0.2) is 15.9 Å². The topological polar surface area (TPSA) is 54.9 Å². The van der Waals surface area contributed by atoms with Gasteiger partial charge < -0.3 is 5.32 Å². The summed E-state index contributed by atoms with van der Waals surface area (Å²) in [7, 11) is 0. The Kier molecular flexibility index (Phi) is 5.71. The number of aromatic nitrogens is 2. The van der Waals surface area contributed by atoms with Gasteiger partial charge in [0.2, 0.25) is 5.91 Å². The number of amides is 1. The average Bonchev–Trinajstić information content (AvgIpc) is 3.40. The molecule has 3 atom stereocenters. The van der Waals surface area contributed by atoms with Crippen LogP contribution in [0.15, 0.2) is 96.6 Å². The highest BCUT2D eigenvalue weighted by Gasteiger charge is 2.54. The second-order valence-electron chi connectivity index (χ2n) is 11.0. The second kappa shape index (κ2) is 9.28. The molecule has 0 spiro atoms. The first-order valence-corrected chi connectivity index (χ1v) is 14.3. The van der Waals surface area contributed by atoms with Gasteiger partial charge in [-0.1, -0.05) is 66.7 Å². The van der Waals surface area contributed by atoms with Gasteiger partial charge in [-0.25, -0.2) is 4.98 Å². The summed E-state index contributed by atoms with van der Waals surface area (Å²) >= 11 is 1.50. The lowest BCUT2D eigenvalue weighted by Gasteiger charge is -2.51. The molecule has 2 aromatic heterocycles. The maximum absolute atomic E-state index is 14.0. The zero-order valence-corrected chi connectivity index (χ0v) is 22.8. The molecule has 0 fully saturated rings. The Morgan fingerprint density at radius 3 is 2.44 bits per heavy atom. The summed E-state index contributed by atoms with van der Waals surface area (Å²) in [5.41, 5.74) is 10.6. The summed E-state index contributed by atoms with van der Waals surface area (Å²) in [6, 6.07) is 27.8. The zero-order chi connectivity index (χ0) is 26.6. The number of thiazole rings is 1. The summed E-state index contributed by atoms with van der Waals surface area (Å²) in [5.74, 6) is 0.328. The van der Waals surface area contributed by atoms with Crippen molar-refractivity contribution in [3.63, 3.8) is 0 Å². The van der Waals surface area contributed by atoms with Gasteiger partial charge in [0.25, 0.3) is 0 Å².